The van der Waals surface area contributed by atoms with Crippen molar-refractivity contribution >= 4 is 32.2 Å². The molecule has 1 aliphatic rings. The van der Waals surface area contributed by atoms with Crippen LogP contribution in [0, 0.1) is 5.41 Å². The van der Waals surface area contributed by atoms with Gasteiger partial charge >= 0.3 is 0 Å². The van der Waals surface area contributed by atoms with Crippen LogP contribution in [-0.4, -0.2) is 45.7 Å². The molecule has 1 aliphatic heterocycles. The molecule has 0 unspecified atom stereocenters. The summed E-state index contributed by atoms with van der Waals surface area (Å²) in [6, 6.07) is 10.5. The van der Waals surface area contributed by atoms with Gasteiger partial charge in [-0.2, -0.15) is 0 Å². The molecule has 2 heterocycles. The molecule has 2 aromatic rings. The molecule has 0 radical (unpaired) electrons. The van der Waals surface area contributed by atoms with Crippen LogP contribution in [0.5, 0.6) is 0 Å². The highest BCUT2D eigenvalue weighted by Crippen LogP contribution is 2.25. The van der Waals surface area contributed by atoms with E-state index in [-0.39, 0.29) is 4.62 Å². The van der Waals surface area contributed by atoms with Gasteiger partial charge in [0.05, 0.1) is 5.56 Å². The van der Waals surface area contributed by atoms with E-state index in [0.29, 0.717) is 11.4 Å². The van der Waals surface area contributed by atoms with Crippen molar-refractivity contribution < 1.29 is 0 Å². The molecule has 120 valence electrons. The number of hydrogen-bond acceptors (Lipinski definition) is 6. The van der Waals surface area contributed by atoms with Crippen molar-refractivity contribution in [2.75, 3.05) is 36.8 Å². The molecule has 3 rings (SSSR count). The fraction of sp³-hybridized carbons (Fsp3) is 0.312. The summed E-state index contributed by atoms with van der Waals surface area (Å²) in [6.07, 6.45) is 1.46. The van der Waals surface area contributed by atoms with Gasteiger partial charge in [0.1, 0.15) is 22.6 Å². The first-order valence-corrected chi connectivity index (χ1v) is 8.30. The van der Waals surface area contributed by atoms with Crippen molar-refractivity contribution in [3.63, 3.8) is 0 Å². The zero-order chi connectivity index (χ0) is 16.2. The van der Waals surface area contributed by atoms with Gasteiger partial charge in [-0.1, -0.05) is 30.3 Å². The molecule has 1 aromatic heterocycles. The summed E-state index contributed by atoms with van der Waals surface area (Å²) < 4.78 is 0.220. The third-order valence-electron chi connectivity index (χ3n) is 4.00. The van der Waals surface area contributed by atoms with Crippen molar-refractivity contribution in [3.05, 3.63) is 47.8 Å². The number of nitrogens with zero attached hydrogens (tertiary/aromatic N) is 4. The lowest BCUT2D eigenvalue weighted by molar-refractivity contribution is 0.249. The molecule has 23 heavy (non-hydrogen) atoms. The van der Waals surface area contributed by atoms with Crippen LogP contribution in [0.2, 0.25) is 0 Å². The molecule has 0 saturated carbocycles. The summed E-state index contributed by atoms with van der Waals surface area (Å²) in [6.45, 7) is 4.58. The average Bonchev–Trinajstić information content (AvgIpc) is 2.56. The molecule has 0 amide bonds. The molecule has 0 aliphatic carbocycles. The summed E-state index contributed by atoms with van der Waals surface area (Å²) in [4.78, 5) is 12.9. The Labute approximate surface area is 144 Å². The summed E-state index contributed by atoms with van der Waals surface area (Å²) in [5.74, 6) is 1.07. The number of nitrogen functional groups attached to an aromatic ring is 1. The number of benzene rings is 1. The van der Waals surface area contributed by atoms with Crippen molar-refractivity contribution in [1.82, 2.24) is 14.9 Å². The van der Waals surface area contributed by atoms with Gasteiger partial charge in [-0.3, -0.25) is 10.3 Å². The van der Waals surface area contributed by atoms with Crippen molar-refractivity contribution in [2.24, 2.45) is 0 Å². The summed E-state index contributed by atoms with van der Waals surface area (Å²) in [7, 11) is 0. The number of aromatic nitrogens is 2. The lowest BCUT2D eigenvalue weighted by atomic mass is 10.2. The van der Waals surface area contributed by atoms with E-state index in [1.54, 1.807) is 0 Å². The maximum atomic E-state index is 7.84. The zero-order valence-corrected chi connectivity index (χ0v) is 14.3. The topological polar surface area (TPSA) is 82.1 Å². The minimum absolute atomic E-state index is 0.220. The molecular weight excluding hydrogens is 356 g/mol. The monoisotopic (exact) mass is 374 g/mol. The van der Waals surface area contributed by atoms with Crippen LogP contribution in [0.1, 0.15) is 11.1 Å². The summed E-state index contributed by atoms with van der Waals surface area (Å²) in [5, 5.41) is 7.84. The van der Waals surface area contributed by atoms with Crippen molar-refractivity contribution in [3.8, 4) is 0 Å². The highest BCUT2D eigenvalue weighted by Gasteiger charge is 2.23. The zero-order valence-electron chi connectivity index (χ0n) is 12.7. The molecule has 6 nitrogen and oxygen atoms in total. The van der Waals surface area contributed by atoms with Gasteiger partial charge < -0.3 is 10.6 Å². The Morgan fingerprint density at radius 2 is 1.83 bits per heavy atom. The van der Waals surface area contributed by atoms with Crippen LogP contribution < -0.4 is 10.6 Å². The second kappa shape index (κ2) is 7.06. The van der Waals surface area contributed by atoms with E-state index in [0.717, 1.165) is 38.5 Å². The van der Waals surface area contributed by atoms with Crippen molar-refractivity contribution in [2.45, 2.75) is 6.54 Å². The van der Waals surface area contributed by atoms with Crippen LogP contribution in [0.3, 0.4) is 0 Å². The third kappa shape index (κ3) is 3.68. The quantitative estimate of drug-likeness (QED) is 0.800. The number of nitrogens with two attached hydrogens (primary N) is 1. The minimum atomic E-state index is 0.220. The van der Waals surface area contributed by atoms with Gasteiger partial charge in [0.2, 0.25) is 0 Å². The lowest BCUT2D eigenvalue weighted by Crippen LogP contribution is -2.46. The highest BCUT2D eigenvalue weighted by molar-refractivity contribution is 9.18. The van der Waals surface area contributed by atoms with Gasteiger partial charge in [-0.05, 0) is 21.5 Å². The van der Waals surface area contributed by atoms with Gasteiger partial charge in [0.25, 0.3) is 0 Å². The Kier molecular flexibility index (Phi) is 4.88. The molecular formula is C16H19BrN6. The Balaban J connectivity index is 1.68. The maximum Gasteiger partial charge on any atom is 0.144 e. The van der Waals surface area contributed by atoms with E-state index in [1.165, 1.54) is 11.9 Å². The van der Waals surface area contributed by atoms with E-state index in [1.807, 2.05) is 6.07 Å². The summed E-state index contributed by atoms with van der Waals surface area (Å²) >= 11 is 3.19. The number of rotatable bonds is 4. The Bertz CT molecular complexity index is 682. The molecule has 1 aromatic carbocycles. The number of nitrogens with one attached hydrogen (secondary N) is 1. The van der Waals surface area contributed by atoms with E-state index in [2.05, 4.69) is 60.0 Å². The van der Waals surface area contributed by atoms with E-state index in [4.69, 9.17) is 11.1 Å². The predicted molar refractivity (Wildman–Crippen MR) is 96.1 cm³/mol. The van der Waals surface area contributed by atoms with Gasteiger partial charge in [-0.25, -0.2) is 9.97 Å². The fourth-order valence-corrected chi connectivity index (χ4v) is 3.18. The molecule has 1 saturated heterocycles. The van der Waals surface area contributed by atoms with E-state index >= 15 is 0 Å². The van der Waals surface area contributed by atoms with Crippen LogP contribution in [0.4, 0.5) is 11.6 Å². The standard InChI is InChI=1S/C16H19BrN6/c17-14(18)13-15(19)20-11-21-16(13)23-8-6-22(7-9-23)10-12-4-2-1-3-5-12/h1-5,11,18H,6-10H2,(H2,19,20,21). The van der Waals surface area contributed by atoms with Crippen LogP contribution in [0.25, 0.3) is 0 Å². The number of anilines is 2. The first-order chi connectivity index (χ1) is 11.1. The Morgan fingerprint density at radius 3 is 2.48 bits per heavy atom. The average molecular weight is 375 g/mol. The molecule has 1 fully saturated rings. The minimum Gasteiger partial charge on any atom is -0.383 e. The van der Waals surface area contributed by atoms with Gasteiger partial charge in [0, 0.05) is 32.7 Å². The number of halogens is 1. The molecule has 7 heteroatoms. The normalized spacial score (nSPS) is 15.6. The third-order valence-corrected chi connectivity index (χ3v) is 4.39. The molecule has 0 spiro atoms. The van der Waals surface area contributed by atoms with Crippen LogP contribution in [-0.2, 0) is 6.54 Å². The first-order valence-electron chi connectivity index (χ1n) is 7.51. The Morgan fingerprint density at radius 1 is 1.13 bits per heavy atom. The molecule has 3 N–H and O–H groups in total. The maximum absolute atomic E-state index is 7.84. The second-order valence-electron chi connectivity index (χ2n) is 5.52. The van der Waals surface area contributed by atoms with Crippen molar-refractivity contribution in [1.29, 1.82) is 5.41 Å². The SMILES string of the molecule is N=C(Br)c1c(N)ncnc1N1CCN(Cc2ccccc2)CC1. The lowest BCUT2D eigenvalue weighted by Gasteiger charge is -2.36. The number of piperazine rings is 1. The van der Waals surface area contributed by atoms with Gasteiger partial charge in [0.15, 0.2) is 0 Å². The Hall–Kier alpha value is -1.99. The molecule has 0 atom stereocenters. The highest BCUT2D eigenvalue weighted by atomic mass is 79.9. The predicted octanol–water partition coefficient (Wildman–Crippen LogP) is 2.10. The first kappa shape index (κ1) is 15.9. The van der Waals surface area contributed by atoms with Crippen LogP contribution in [0.15, 0.2) is 36.7 Å². The van der Waals surface area contributed by atoms with E-state index < -0.39 is 0 Å². The molecule has 0 bridgehead atoms. The van der Waals surface area contributed by atoms with E-state index in [9.17, 15) is 0 Å². The smallest absolute Gasteiger partial charge is 0.144 e. The summed E-state index contributed by atoms with van der Waals surface area (Å²) in [5.41, 5.74) is 7.80. The number of hydrogen-bond donors (Lipinski definition) is 2. The second-order valence-corrected chi connectivity index (χ2v) is 6.31. The largest absolute Gasteiger partial charge is 0.383 e. The fourth-order valence-electron chi connectivity index (χ4n) is 2.80. The van der Waals surface area contributed by atoms with Gasteiger partial charge in [-0.15, -0.1) is 0 Å². The van der Waals surface area contributed by atoms with Crippen LogP contribution >= 0.6 is 15.9 Å².